The van der Waals surface area contributed by atoms with Crippen molar-refractivity contribution in [3.63, 3.8) is 0 Å². The molecule has 0 saturated carbocycles. The summed E-state index contributed by atoms with van der Waals surface area (Å²) >= 11 is 0. The molecule has 1 fully saturated rings. The zero-order valence-electron chi connectivity index (χ0n) is 9.52. The maximum absolute atomic E-state index is 11.3. The minimum atomic E-state index is -0.544. The summed E-state index contributed by atoms with van der Waals surface area (Å²) < 4.78 is 4.57. The number of urea groups is 1. The molecule has 0 unspecified atom stereocenters. The average Bonchev–Trinajstić information content (AvgIpc) is 2.68. The van der Waals surface area contributed by atoms with Crippen LogP contribution in [0.25, 0.3) is 6.08 Å². The van der Waals surface area contributed by atoms with Crippen molar-refractivity contribution in [3.05, 3.63) is 41.1 Å². The Kier molecular flexibility index (Phi) is 3.09. The van der Waals surface area contributed by atoms with Gasteiger partial charge in [0.2, 0.25) is 0 Å². The number of imide groups is 1. The second kappa shape index (κ2) is 4.70. The van der Waals surface area contributed by atoms with Gasteiger partial charge in [0.05, 0.1) is 12.7 Å². The Labute approximate surface area is 103 Å². The van der Waals surface area contributed by atoms with Gasteiger partial charge in [0.15, 0.2) is 0 Å². The number of esters is 1. The number of carbonyl (C=O) groups is 3. The highest BCUT2D eigenvalue weighted by molar-refractivity contribution is 6.14. The molecule has 6 nitrogen and oxygen atoms in total. The fraction of sp³-hybridized carbons (Fsp3) is 0.0833. The van der Waals surface area contributed by atoms with Crippen molar-refractivity contribution in [3.8, 4) is 0 Å². The number of nitrogens with one attached hydrogen (secondary N) is 2. The van der Waals surface area contributed by atoms with Crippen LogP contribution < -0.4 is 10.6 Å². The van der Waals surface area contributed by atoms with E-state index >= 15 is 0 Å². The molecule has 0 aliphatic carbocycles. The molecule has 0 atom stereocenters. The molecule has 18 heavy (non-hydrogen) atoms. The van der Waals surface area contributed by atoms with Gasteiger partial charge in [-0.3, -0.25) is 10.1 Å². The van der Waals surface area contributed by atoms with Crippen molar-refractivity contribution in [2.75, 3.05) is 7.11 Å². The standard InChI is InChI=1S/C12H10N2O4/c1-18-11(16)8-4-2-7(3-5-8)6-9-10(15)14-12(17)13-9/h2-6H,1H3,(H2,13,14,15,17)/b9-6-. The van der Waals surface area contributed by atoms with Crippen LogP contribution in [-0.2, 0) is 9.53 Å². The third-order valence-electron chi connectivity index (χ3n) is 2.36. The lowest BCUT2D eigenvalue weighted by Crippen LogP contribution is -2.22. The van der Waals surface area contributed by atoms with E-state index in [-0.39, 0.29) is 5.70 Å². The van der Waals surface area contributed by atoms with Gasteiger partial charge in [0, 0.05) is 0 Å². The molecule has 0 aromatic heterocycles. The molecule has 0 spiro atoms. The number of methoxy groups -OCH3 is 1. The van der Waals surface area contributed by atoms with E-state index in [4.69, 9.17) is 0 Å². The maximum atomic E-state index is 11.3. The molecular weight excluding hydrogens is 236 g/mol. The van der Waals surface area contributed by atoms with Crippen molar-refractivity contribution < 1.29 is 19.1 Å². The largest absolute Gasteiger partial charge is 0.465 e. The predicted molar refractivity (Wildman–Crippen MR) is 62.4 cm³/mol. The van der Waals surface area contributed by atoms with Gasteiger partial charge in [-0.1, -0.05) is 12.1 Å². The van der Waals surface area contributed by atoms with Crippen LogP contribution in [0.2, 0.25) is 0 Å². The molecule has 1 heterocycles. The Bertz CT molecular complexity index is 546. The first-order valence-corrected chi connectivity index (χ1v) is 5.12. The molecule has 0 radical (unpaired) electrons. The number of ether oxygens (including phenoxy) is 1. The van der Waals surface area contributed by atoms with Crippen LogP contribution in [0.15, 0.2) is 30.0 Å². The fourth-order valence-electron chi connectivity index (χ4n) is 1.48. The SMILES string of the molecule is COC(=O)c1ccc(/C=C2\NC(=O)NC2=O)cc1. The fourth-order valence-corrected chi connectivity index (χ4v) is 1.48. The summed E-state index contributed by atoms with van der Waals surface area (Å²) in [6, 6.07) is 5.91. The summed E-state index contributed by atoms with van der Waals surface area (Å²) in [7, 11) is 1.30. The molecule has 1 saturated heterocycles. The quantitative estimate of drug-likeness (QED) is 0.456. The lowest BCUT2D eigenvalue weighted by atomic mass is 10.1. The van der Waals surface area contributed by atoms with Gasteiger partial charge < -0.3 is 10.1 Å². The summed E-state index contributed by atoms with van der Waals surface area (Å²) in [4.78, 5) is 33.4. The molecule has 2 rings (SSSR count). The number of hydrogen-bond acceptors (Lipinski definition) is 4. The summed E-state index contributed by atoms with van der Waals surface area (Å²) in [5, 5.41) is 4.47. The van der Waals surface area contributed by atoms with Gasteiger partial charge in [-0.05, 0) is 23.8 Å². The molecule has 92 valence electrons. The van der Waals surface area contributed by atoms with E-state index in [0.29, 0.717) is 11.1 Å². The summed E-state index contributed by atoms with van der Waals surface area (Å²) in [6.07, 6.45) is 1.52. The maximum Gasteiger partial charge on any atom is 0.337 e. The zero-order chi connectivity index (χ0) is 13.1. The third kappa shape index (κ3) is 2.37. The van der Waals surface area contributed by atoms with Gasteiger partial charge >= 0.3 is 12.0 Å². The number of benzene rings is 1. The van der Waals surface area contributed by atoms with E-state index in [1.54, 1.807) is 24.3 Å². The van der Waals surface area contributed by atoms with Crippen LogP contribution >= 0.6 is 0 Å². The van der Waals surface area contributed by atoms with Crippen molar-refractivity contribution >= 4 is 24.0 Å². The van der Waals surface area contributed by atoms with Gasteiger partial charge in [-0.25, -0.2) is 9.59 Å². The first kappa shape index (κ1) is 11.8. The highest BCUT2D eigenvalue weighted by Gasteiger charge is 2.22. The minimum Gasteiger partial charge on any atom is -0.465 e. The number of rotatable bonds is 2. The number of hydrogen-bond donors (Lipinski definition) is 2. The van der Waals surface area contributed by atoms with Crippen LogP contribution in [0, 0.1) is 0 Å². The molecule has 0 bridgehead atoms. The lowest BCUT2D eigenvalue weighted by molar-refractivity contribution is -0.115. The van der Waals surface area contributed by atoms with Crippen LogP contribution in [0.4, 0.5) is 4.79 Å². The predicted octanol–water partition coefficient (Wildman–Crippen LogP) is 0.653. The zero-order valence-corrected chi connectivity index (χ0v) is 9.52. The second-order valence-corrected chi connectivity index (χ2v) is 3.58. The Morgan fingerprint density at radius 1 is 1.17 bits per heavy atom. The molecule has 1 aliphatic heterocycles. The topological polar surface area (TPSA) is 84.5 Å². The molecule has 1 aromatic carbocycles. The normalized spacial score (nSPS) is 16.4. The van der Waals surface area contributed by atoms with E-state index in [1.165, 1.54) is 13.2 Å². The Hall–Kier alpha value is -2.63. The van der Waals surface area contributed by atoms with Gasteiger partial charge in [0.1, 0.15) is 5.70 Å². The van der Waals surface area contributed by atoms with Crippen LogP contribution in [0.3, 0.4) is 0 Å². The van der Waals surface area contributed by atoms with Gasteiger partial charge in [0.25, 0.3) is 5.91 Å². The van der Waals surface area contributed by atoms with Gasteiger partial charge in [-0.15, -0.1) is 0 Å². The highest BCUT2D eigenvalue weighted by atomic mass is 16.5. The summed E-state index contributed by atoms with van der Waals surface area (Å²) in [5.41, 5.74) is 1.28. The first-order valence-electron chi connectivity index (χ1n) is 5.12. The number of carbonyl (C=O) groups excluding carboxylic acids is 3. The minimum absolute atomic E-state index is 0.172. The average molecular weight is 246 g/mol. The van der Waals surface area contributed by atoms with E-state index in [2.05, 4.69) is 15.4 Å². The van der Waals surface area contributed by atoms with Crippen LogP contribution in [-0.4, -0.2) is 25.0 Å². The summed E-state index contributed by atoms with van der Waals surface area (Å²) in [6.45, 7) is 0. The molecule has 1 aromatic rings. The Morgan fingerprint density at radius 2 is 1.83 bits per heavy atom. The summed E-state index contributed by atoms with van der Waals surface area (Å²) in [5.74, 6) is -0.904. The van der Waals surface area contributed by atoms with Crippen molar-refractivity contribution in [2.24, 2.45) is 0 Å². The number of amides is 3. The lowest BCUT2D eigenvalue weighted by Gasteiger charge is -2.00. The van der Waals surface area contributed by atoms with E-state index in [0.717, 1.165) is 0 Å². The van der Waals surface area contributed by atoms with Crippen molar-refractivity contribution in [1.29, 1.82) is 0 Å². The first-order chi connectivity index (χ1) is 8.60. The molecule has 6 heteroatoms. The third-order valence-corrected chi connectivity index (χ3v) is 2.36. The highest BCUT2D eigenvalue weighted by Crippen LogP contribution is 2.10. The molecule has 3 amide bonds. The van der Waals surface area contributed by atoms with Crippen LogP contribution in [0.5, 0.6) is 0 Å². The van der Waals surface area contributed by atoms with Crippen molar-refractivity contribution in [2.45, 2.75) is 0 Å². The van der Waals surface area contributed by atoms with Gasteiger partial charge in [-0.2, -0.15) is 0 Å². The second-order valence-electron chi connectivity index (χ2n) is 3.58. The van der Waals surface area contributed by atoms with E-state index < -0.39 is 17.9 Å². The molecule has 1 aliphatic rings. The smallest absolute Gasteiger partial charge is 0.337 e. The molecule has 2 N–H and O–H groups in total. The Balaban J connectivity index is 2.21. The van der Waals surface area contributed by atoms with E-state index in [1.807, 2.05) is 0 Å². The van der Waals surface area contributed by atoms with Crippen LogP contribution in [0.1, 0.15) is 15.9 Å². The van der Waals surface area contributed by atoms with E-state index in [9.17, 15) is 14.4 Å². The molecular formula is C12H10N2O4. The van der Waals surface area contributed by atoms with Crippen molar-refractivity contribution in [1.82, 2.24) is 10.6 Å². The Morgan fingerprint density at radius 3 is 2.33 bits per heavy atom. The monoisotopic (exact) mass is 246 g/mol.